The van der Waals surface area contributed by atoms with Crippen molar-refractivity contribution in [2.45, 2.75) is 26.4 Å². The number of aryl methyl sites for hydroxylation is 1. The van der Waals surface area contributed by atoms with Crippen LogP contribution in [0.1, 0.15) is 30.2 Å². The molecular weight excluding hydrogens is 326 g/mol. The topological polar surface area (TPSA) is 81.2 Å². The van der Waals surface area contributed by atoms with Crippen LogP contribution < -0.4 is 5.32 Å². The number of oxazole rings is 1. The summed E-state index contributed by atoms with van der Waals surface area (Å²) in [5.74, 6) is 1.31. The van der Waals surface area contributed by atoms with Gasteiger partial charge < -0.3 is 9.73 Å². The molecule has 0 aliphatic rings. The Morgan fingerprint density at radius 2 is 2.30 bits per heavy atom. The van der Waals surface area contributed by atoms with E-state index in [9.17, 15) is 10.1 Å². The van der Waals surface area contributed by atoms with Crippen molar-refractivity contribution in [1.29, 1.82) is 0 Å². The number of rotatable bonds is 5. The van der Waals surface area contributed by atoms with Gasteiger partial charge in [-0.2, -0.15) is 0 Å². The van der Waals surface area contributed by atoms with Crippen molar-refractivity contribution in [2.75, 3.05) is 0 Å². The zero-order valence-electron chi connectivity index (χ0n) is 11.1. The molecule has 0 bridgehead atoms. The van der Waals surface area contributed by atoms with Gasteiger partial charge in [-0.15, -0.1) is 0 Å². The van der Waals surface area contributed by atoms with E-state index in [1.54, 1.807) is 18.3 Å². The molecular formula is C13H14BrN3O3. The molecule has 20 heavy (non-hydrogen) atoms. The molecule has 0 saturated carbocycles. The fourth-order valence-corrected chi connectivity index (χ4v) is 2.13. The molecule has 1 atom stereocenters. The maximum Gasteiger partial charge on any atom is 0.275 e. The molecule has 1 unspecified atom stereocenters. The van der Waals surface area contributed by atoms with Crippen LogP contribution in [0.4, 0.5) is 5.69 Å². The fourth-order valence-electron chi connectivity index (χ4n) is 1.78. The van der Waals surface area contributed by atoms with Crippen LogP contribution in [0.15, 0.2) is 33.3 Å². The van der Waals surface area contributed by atoms with Gasteiger partial charge in [0.2, 0.25) is 5.89 Å². The Balaban J connectivity index is 2.09. The van der Waals surface area contributed by atoms with Crippen molar-refractivity contribution in [1.82, 2.24) is 10.3 Å². The van der Waals surface area contributed by atoms with Crippen LogP contribution in [-0.2, 0) is 6.54 Å². The SMILES string of the molecule is Cc1cnc(C(C)NCc2ccc(Br)cc2[N+](=O)[O-])o1. The molecule has 0 fully saturated rings. The molecule has 6 nitrogen and oxygen atoms in total. The van der Waals surface area contributed by atoms with E-state index < -0.39 is 0 Å². The number of nitro groups is 1. The lowest BCUT2D eigenvalue weighted by Crippen LogP contribution is -2.19. The molecule has 2 aromatic rings. The molecule has 1 heterocycles. The number of hydrogen-bond acceptors (Lipinski definition) is 5. The quantitative estimate of drug-likeness (QED) is 0.665. The molecule has 0 aliphatic heterocycles. The molecule has 0 radical (unpaired) electrons. The van der Waals surface area contributed by atoms with Gasteiger partial charge in [0, 0.05) is 22.6 Å². The first-order valence-electron chi connectivity index (χ1n) is 6.06. The van der Waals surface area contributed by atoms with Crippen LogP contribution in [0.25, 0.3) is 0 Å². The Kier molecular flexibility index (Phi) is 4.51. The monoisotopic (exact) mass is 339 g/mol. The Labute approximate surface area is 124 Å². The highest BCUT2D eigenvalue weighted by Crippen LogP contribution is 2.24. The third-order valence-electron chi connectivity index (χ3n) is 2.85. The van der Waals surface area contributed by atoms with Gasteiger partial charge in [0.05, 0.1) is 17.2 Å². The largest absolute Gasteiger partial charge is 0.444 e. The summed E-state index contributed by atoms with van der Waals surface area (Å²) in [5.41, 5.74) is 0.705. The van der Waals surface area contributed by atoms with Gasteiger partial charge in [0.15, 0.2) is 0 Å². The average molecular weight is 340 g/mol. The summed E-state index contributed by atoms with van der Waals surface area (Å²) in [6.45, 7) is 4.09. The minimum Gasteiger partial charge on any atom is -0.444 e. The van der Waals surface area contributed by atoms with E-state index in [0.29, 0.717) is 22.5 Å². The van der Waals surface area contributed by atoms with Crippen molar-refractivity contribution in [3.8, 4) is 0 Å². The van der Waals surface area contributed by atoms with Crippen LogP contribution >= 0.6 is 15.9 Å². The van der Waals surface area contributed by atoms with E-state index in [2.05, 4.69) is 26.2 Å². The summed E-state index contributed by atoms with van der Waals surface area (Å²) in [7, 11) is 0. The van der Waals surface area contributed by atoms with Crippen LogP contribution in [0.2, 0.25) is 0 Å². The van der Waals surface area contributed by atoms with Crippen molar-refractivity contribution >= 4 is 21.6 Å². The second-order valence-corrected chi connectivity index (χ2v) is 5.36. The van der Waals surface area contributed by atoms with Crippen molar-refractivity contribution < 1.29 is 9.34 Å². The number of aromatic nitrogens is 1. The Bertz CT molecular complexity index is 627. The van der Waals surface area contributed by atoms with Gasteiger partial charge in [-0.25, -0.2) is 4.98 Å². The zero-order chi connectivity index (χ0) is 14.7. The van der Waals surface area contributed by atoms with Gasteiger partial charge in [-0.1, -0.05) is 15.9 Å². The summed E-state index contributed by atoms with van der Waals surface area (Å²) in [6, 6.07) is 4.89. The number of hydrogen-bond donors (Lipinski definition) is 1. The van der Waals surface area contributed by atoms with E-state index >= 15 is 0 Å². The third-order valence-corrected chi connectivity index (χ3v) is 3.35. The molecule has 0 saturated heterocycles. The first-order valence-corrected chi connectivity index (χ1v) is 6.85. The van der Waals surface area contributed by atoms with E-state index in [1.807, 2.05) is 13.8 Å². The molecule has 0 amide bonds. The van der Waals surface area contributed by atoms with Crippen molar-refractivity contribution in [3.63, 3.8) is 0 Å². The molecule has 0 aliphatic carbocycles. The lowest BCUT2D eigenvalue weighted by atomic mass is 10.1. The van der Waals surface area contributed by atoms with Crippen molar-refractivity contribution in [2.24, 2.45) is 0 Å². The van der Waals surface area contributed by atoms with Gasteiger partial charge >= 0.3 is 0 Å². The molecule has 1 aromatic carbocycles. The van der Waals surface area contributed by atoms with Gasteiger partial charge in [0.1, 0.15) is 5.76 Å². The summed E-state index contributed by atoms with van der Waals surface area (Å²) in [6.07, 6.45) is 1.65. The smallest absolute Gasteiger partial charge is 0.275 e. The van der Waals surface area contributed by atoms with E-state index in [4.69, 9.17) is 4.42 Å². The Morgan fingerprint density at radius 3 is 2.90 bits per heavy atom. The third kappa shape index (κ3) is 3.43. The fraction of sp³-hybridized carbons (Fsp3) is 0.308. The molecule has 106 valence electrons. The van der Waals surface area contributed by atoms with Gasteiger partial charge in [-0.05, 0) is 26.0 Å². The number of nitrogens with zero attached hydrogens (tertiary/aromatic N) is 2. The Hall–Kier alpha value is -1.73. The predicted octanol–water partition coefficient (Wildman–Crippen LogP) is 3.50. The second kappa shape index (κ2) is 6.15. The highest BCUT2D eigenvalue weighted by Gasteiger charge is 2.16. The summed E-state index contributed by atoms with van der Waals surface area (Å²) in [5, 5.41) is 14.2. The number of benzene rings is 1. The Morgan fingerprint density at radius 1 is 1.55 bits per heavy atom. The highest BCUT2D eigenvalue weighted by atomic mass is 79.9. The second-order valence-electron chi connectivity index (χ2n) is 4.44. The van der Waals surface area contributed by atoms with Crippen LogP contribution in [0, 0.1) is 17.0 Å². The molecule has 2 rings (SSSR count). The van der Waals surface area contributed by atoms with Gasteiger partial charge in [0.25, 0.3) is 5.69 Å². The molecule has 1 aromatic heterocycles. The standard InChI is InChI=1S/C13H14BrN3O3/c1-8-6-16-13(20-8)9(2)15-7-10-3-4-11(14)5-12(10)17(18)19/h3-6,9,15H,7H2,1-2H3. The summed E-state index contributed by atoms with van der Waals surface area (Å²) < 4.78 is 6.10. The predicted molar refractivity (Wildman–Crippen MR) is 77.3 cm³/mol. The normalized spacial score (nSPS) is 12.3. The number of halogens is 1. The van der Waals surface area contributed by atoms with Crippen LogP contribution in [-0.4, -0.2) is 9.91 Å². The van der Waals surface area contributed by atoms with Crippen LogP contribution in [0.3, 0.4) is 0 Å². The average Bonchev–Trinajstić information content (AvgIpc) is 2.83. The summed E-state index contributed by atoms with van der Waals surface area (Å²) >= 11 is 3.23. The van der Waals surface area contributed by atoms with Gasteiger partial charge in [-0.3, -0.25) is 10.1 Å². The molecule has 7 heteroatoms. The number of nitrogens with one attached hydrogen (secondary N) is 1. The number of nitro benzene ring substituents is 1. The lowest BCUT2D eigenvalue weighted by molar-refractivity contribution is -0.385. The molecule has 0 spiro atoms. The lowest BCUT2D eigenvalue weighted by Gasteiger charge is -2.10. The minimum atomic E-state index is -0.387. The first kappa shape index (κ1) is 14.7. The van der Waals surface area contributed by atoms with E-state index in [0.717, 1.165) is 5.76 Å². The first-order chi connectivity index (χ1) is 9.47. The zero-order valence-corrected chi connectivity index (χ0v) is 12.7. The highest BCUT2D eigenvalue weighted by molar-refractivity contribution is 9.10. The minimum absolute atomic E-state index is 0.0858. The van der Waals surface area contributed by atoms with E-state index in [-0.39, 0.29) is 16.7 Å². The van der Waals surface area contributed by atoms with E-state index in [1.165, 1.54) is 6.07 Å². The maximum atomic E-state index is 11.0. The summed E-state index contributed by atoms with van der Waals surface area (Å²) in [4.78, 5) is 14.8. The van der Waals surface area contributed by atoms with Crippen LogP contribution in [0.5, 0.6) is 0 Å². The molecule has 1 N–H and O–H groups in total. The maximum absolute atomic E-state index is 11.0. The van der Waals surface area contributed by atoms with Crippen molar-refractivity contribution in [3.05, 3.63) is 56.2 Å².